The van der Waals surface area contributed by atoms with Crippen molar-refractivity contribution >= 4 is 5.96 Å². The van der Waals surface area contributed by atoms with Crippen LogP contribution >= 0.6 is 0 Å². The van der Waals surface area contributed by atoms with Crippen molar-refractivity contribution in [3.8, 4) is 0 Å². The molecule has 1 aliphatic heterocycles. The molecule has 1 unspecified atom stereocenters. The number of rotatable bonds is 6. The Bertz CT molecular complexity index is 483. The SMILES string of the molecule is CCNC(=NCc1cc(C(C)C)no1)NCC1CCCN1C. The van der Waals surface area contributed by atoms with Gasteiger partial charge in [0.1, 0.15) is 6.54 Å². The van der Waals surface area contributed by atoms with Crippen LogP contribution in [-0.4, -0.2) is 48.7 Å². The molecule has 6 nitrogen and oxygen atoms in total. The molecule has 0 aliphatic carbocycles. The summed E-state index contributed by atoms with van der Waals surface area (Å²) in [5, 5.41) is 10.8. The number of hydrogen-bond donors (Lipinski definition) is 2. The minimum Gasteiger partial charge on any atom is -0.359 e. The number of likely N-dealkylation sites (N-methyl/N-ethyl adjacent to an activating group) is 1. The first-order valence-electron chi connectivity index (χ1n) is 8.28. The predicted molar refractivity (Wildman–Crippen MR) is 89.1 cm³/mol. The van der Waals surface area contributed by atoms with Crippen molar-refractivity contribution in [3.63, 3.8) is 0 Å². The largest absolute Gasteiger partial charge is 0.359 e. The van der Waals surface area contributed by atoms with E-state index in [4.69, 9.17) is 4.52 Å². The van der Waals surface area contributed by atoms with Gasteiger partial charge in [0.2, 0.25) is 0 Å². The Balaban J connectivity index is 1.88. The first kappa shape index (κ1) is 16.8. The minimum atomic E-state index is 0.380. The lowest BCUT2D eigenvalue weighted by Crippen LogP contribution is -2.44. The molecule has 1 aromatic heterocycles. The van der Waals surface area contributed by atoms with Gasteiger partial charge in [-0.1, -0.05) is 19.0 Å². The van der Waals surface area contributed by atoms with E-state index in [9.17, 15) is 0 Å². The number of aliphatic imine (C=N–C) groups is 1. The zero-order valence-corrected chi connectivity index (χ0v) is 14.2. The van der Waals surface area contributed by atoms with Crippen LogP contribution in [-0.2, 0) is 6.54 Å². The van der Waals surface area contributed by atoms with Gasteiger partial charge in [-0.3, -0.25) is 0 Å². The molecule has 0 radical (unpaired) electrons. The molecule has 0 bridgehead atoms. The summed E-state index contributed by atoms with van der Waals surface area (Å²) >= 11 is 0. The fraction of sp³-hybridized carbons (Fsp3) is 0.750. The second-order valence-corrected chi connectivity index (χ2v) is 6.23. The fourth-order valence-electron chi connectivity index (χ4n) is 2.63. The summed E-state index contributed by atoms with van der Waals surface area (Å²) in [6.07, 6.45) is 2.54. The molecule has 124 valence electrons. The van der Waals surface area contributed by atoms with Crippen molar-refractivity contribution in [2.45, 2.75) is 52.1 Å². The summed E-state index contributed by atoms with van der Waals surface area (Å²) in [6, 6.07) is 2.59. The minimum absolute atomic E-state index is 0.380. The van der Waals surface area contributed by atoms with Crippen LogP contribution in [0.15, 0.2) is 15.6 Å². The summed E-state index contributed by atoms with van der Waals surface area (Å²) in [5.74, 6) is 2.02. The van der Waals surface area contributed by atoms with Gasteiger partial charge in [0.05, 0.1) is 5.69 Å². The average molecular weight is 307 g/mol. The number of guanidine groups is 1. The molecular formula is C16H29N5O. The molecule has 6 heteroatoms. The van der Waals surface area contributed by atoms with E-state index < -0.39 is 0 Å². The highest BCUT2D eigenvalue weighted by Gasteiger charge is 2.20. The van der Waals surface area contributed by atoms with Gasteiger partial charge in [0.25, 0.3) is 0 Å². The van der Waals surface area contributed by atoms with Crippen LogP contribution in [0.2, 0.25) is 0 Å². The third kappa shape index (κ3) is 4.73. The molecule has 1 aromatic rings. The van der Waals surface area contributed by atoms with Gasteiger partial charge >= 0.3 is 0 Å². The first-order valence-corrected chi connectivity index (χ1v) is 8.28. The molecule has 1 atom stereocenters. The predicted octanol–water partition coefficient (Wildman–Crippen LogP) is 1.95. The van der Waals surface area contributed by atoms with Crippen molar-refractivity contribution in [2.24, 2.45) is 4.99 Å². The Morgan fingerprint density at radius 1 is 1.50 bits per heavy atom. The molecule has 2 rings (SSSR count). The van der Waals surface area contributed by atoms with Gasteiger partial charge in [-0.25, -0.2) is 4.99 Å². The molecule has 1 aliphatic rings. The second kappa shape index (κ2) is 8.17. The standard InChI is InChI=1S/C16H29N5O/c1-5-17-16(18-10-13-7-6-8-21(13)4)19-11-14-9-15(12(2)3)20-22-14/h9,12-13H,5-8,10-11H2,1-4H3,(H2,17,18,19). The summed E-state index contributed by atoms with van der Waals surface area (Å²) in [6.45, 7) is 9.76. The molecule has 0 spiro atoms. The maximum absolute atomic E-state index is 5.33. The quantitative estimate of drug-likeness (QED) is 0.621. The maximum Gasteiger partial charge on any atom is 0.191 e. The van der Waals surface area contributed by atoms with Gasteiger partial charge in [-0.2, -0.15) is 0 Å². The Morgan fingerprint density at radius 2 is 2.32 bits per heavy atom. The van der Waals surface area contributed by atoms with E-state index in [0.29, 0.717) is 18.5 Å². The maximum atomic E-state index is 5.33. The van der Waals surface area contributed by atoms with Crippen LogP contribution in [0.3, 0.4) is 0 Å². The van der Waals surface area contributed by atoms with Crippen LogP contribution < -0.4 is 10.6 Å². The molecule has 0 saturated carbocycles. The van der Waals surface area contributed by atoms with E-state index in [1.54, 1.807) is 0 Å². The van der Waals surface area contributed by atoms with Crippen molar-refractivity contribution < 1.29 is 4.52 Å². The monoisotopic (exact) mass is 307 g/mol. The van der Waals surface area contributed by atoms with Crippen molar-refractivity contribution in [1.82, 2.24) is 20.7 Å². The molecule has 1 saturated heterocycles. The van der Waals surface area contributed by atoms with Crippen molar-refractivity contribution in [2.75, 3.05) is 26.7 Å². The number of nitrogens with zero attached hydrogens (tertiary/aromatic N) is 3. The van der Waals surface area contributed by atoms with Crippen LogP contribution in [0.4, 0.5) is 0 Å². The second-order valence-electron chi connectivity index (χ2n) is 6.23. The fourth-order valence-corrected chi connectivity index (χ4v) is 2.63. The summed E-state index contributed by atoms with van der Waals surface area (Å²) in [4.78, 5) is 6.99. The molecule has 0 aromatic carbocycles. The van der Waals surface area contributed by atoms with E-state index in [1.807, 2.05) is 6.07 Å². The lowest BCUT2D eigenvalue weighted by molar-refractivity contribution is 0.309. The summed E-state index contributed by atoms with van der Waals surface area (Å²) in [7, 11) is 2.19. The van der Waals surface area contributed by atoms with Crippen molar-refractivity contribution in [1.29, 1.82) is 0 Å². The third-order valence-corrected chi connectivity index (χ3v) is 4.08. The van der Waals surface area contributed by atoms with E-state index in [-0.39, 0.29) is 0 Å². The summed E-state index contributed by atoms with van der Waals surface area (Å²) < 4.78 is 5.33. The van der Waals surface area contributed by atoms with Crippen LogP contribution in [0.25, 0.3) is 0 Å². The zero-order valence-electron chi connectivity index (χ0n) is 14.2. The van der Waals surface area contributed by atoms with E-state index in [1.165, 1.54) is 19.4 Å². The molecular weight excluding hydrogens is 278 g/mol. The molecule has 2 heterocycles. The van der Waals surface area contributed by atoms with Gasteiger partial charge in [0, 0.05) is 25.2 Å². The molecule has 22 heavy (non-hydrogen) atoms. The normalized spacial score (nSPS) is 19.9. The third-order valence-electron chi connectivity index (χ3n) is 4.08. The Kier molecular flexibility index (Phi) is 6.24. The topological polar surface area (TPSA) is 65.7 Å². The number of hydrogen-bond acceptors (Lipinski definition) is 4. The van der Waals surface area contributed by atoms with Crippen LogP contribution in [0, 0.1) is 0 Å². The molecule has 1 fully saturated rings. The zero-order chi connectivity index (χ0) is 15.9. The van der Waals surface area contributed by atoms with Crippen molar-refractivity contribution in [3.05, 3.63) is 17.5 Å². The molecule has 2 N–H and O–H groups in total. The van der Waals surface area contributed by atoms with E-state index in [0.717, 1.165) is 30.5 Å². The molecule has 0 amide bonds. The van der Waals surface area contributed by atoms with E-state index >= 15 is 0 Å². The smallest absolute Gasteiger partial charge is 0.191 e. The van der Waals surface area contributed by atoms with Gasteiger partial charge in [-0.15, -0.1) is 0 Å². The van der Waals surface area contributed by atoms with Crippen LogP contribution in [0.1, 0.15) is 51.0 Å². The Labute approximate surface area is 133 Å². The number of nitrogens with one attached hydrogen (secondary N) is 2. The number of likely N-dealkylation sites (tertiary alicyclic amines) is 1. The van der Waals surface area contributed by atoms with E-state index in [2.05, 4.69) is 53.5 Å². The lowest BCUT2D eigenvalue weighted by Gasteiger charge is -2.21. The Hall–Kier alpha value is -1.56. The summed E-state index contributed by atoms with van der Waals surface area (Å²) in [5.41, 5.74) is 0.982. The van der Waals surface area contributed by atoms with Crippen LogP contribution in [0.5, 0.6) is 0 Å². The average Bonchev–Trinajstić information content (AvgIpc) is 3.11. The highest BCUT2D eigenvalue weighted by molar-refractivity contribution is 5.79. The number of aromatic nitrogens is 1. The highest BCUT2D eigenvalue weighted by atomic mass is 16.5. The first-order chi connectivity index (χ1) is 10.6. The van der Waals surface area contributed by atoms with Gasteiger partial charge in [-0.05, 0) is 39.3 Å². The van der Waals surface area contributed by atoms with Gasteiger partial charge in [0.15, 0.2) is 11.7 Å². The lowest BCUT2D eigenvalue weighted by atomic mass is 10.1. The highest BCUT2D eigenvalue weighted by Crippen LogP contribution is 2.15. The Morgan fingerprint density at radius 3 is 2.91 bits per heavy atom. The van der Waals surface area contributed by atoms with Gasteiger partial charge < -0.3 is 20.1 Å².